The van der Waals surface area contributed by atoms with E-state index in [1.807, 2.05) is 45.4 Å². The van der Waals surface area contributed by atoms with E-state index >= 15 is 0 Å². The lowest BCUT2D eigenvalue weighted by atomic mass is 10.0. The summed E-state index contributed by atoms with van der Waals surface area (Å²) in [5.41, 5.74) is 2.62. The van der Waals surface area contributed by atoms with Gasteiger partial charge in [-0.2, -0.15) is 0 Å². The third kappa shape index (κ3) is 28.8. The molecule has 1 aromatic rings. The lowest BCUT2D eigenvalue weighted by Crippen LogP contribution is -2.37. The lowest BCUT2D eigenvalue weighted by molar-refractivity contribution is -0.870. The molecule has 12 heteroatoms. The van der Waals surface area contributed by atoms with Crippen LogP contribution in [-0.4, -0.2) is 86.1 Å². The van der Waals surface area contributed by atoms with Crippen molar-refractivity contribution in [3.63, 3.8) is 0 Å². The molecule has 1 heterocycles. The maximum absolute atomic E-state index is 12.7. The topological polar surface area (TPSA) is 142 Å². The van der Waals surface area contributed by atoms with Crippen LogP contribution in [0.15, 0.2) is 40.9 Å². The molecule has 0 aliphatic carbocycles. The van der Waals surface area contributed by atoms with E-state index in [4.69, 9.17) is 22.9 Å². The van der Waals surface area contributed by atoms with Crippen molar-refractivity contribution in [1.29, 1.82) is 0 Å². The van der Waals surface area contributed by atoms with Crippen LogP contribution in [0.2, 0.25) is 0 Å². The SMILES string of the molecule is CC/C=C/CC(O)/C=C/C=C/CCCCCCCC(=O)O[C@H](COC(=O)CCCCCCCCCCc1oc(CCC)c(C)c1C)COP(=O)(O)OCC[N+](C)(C)C. The van der Waals surface area contributed by atoms with Crippen LogP contribution in [0.3, 0.4) is 0 Å². The highest BCUT2D eigenvalue weighted by Crippen LogP contribution is 2.43. The number of allylic oxidation sites excluding steroid dienone is 4. The highest BCUT2D eigenvalue weighted by atomic mass is 31.2. The Bertz CT molecular complexity index is 1380. The lowest BCUT2D eigenvalue weighted by Gasteiger charge is -2.24. The van der Waals surface area contributed by atoms with Gasteiger partial charge in [0.25, 0.3) is 0 Å². The van der Waals surface area contributed by atoms with E-state index in [9.17, 15) is 24.2 Å². The molecule has 3 atom stereocenters. The zero-order valence-electron chi connectivity index (χ0n) is 37.4. The van der Waals surface area contributed by atoms with Crippen molar-refractivity contribution >= 4 is 19.8 Å². The number of ether oxygens (including phenoxy) is 2. The minimum atomic E-state index is -4.41. The van der Waals surface area contributed by atoms with Crippen molar-refractivity contribution in [2.45, 2.75) is 175 Å². The number of aliphatic hydroxyl groups is 1. The monoisotopic (exact) mass is 839 g/mol. The Morgan fingerprint density at radius 3 is 1.95 bits per heavy atom. The first kappa shape index (κ1) is 53.5. The Balaban J connectivity index is 2.36. The number of phosphoric ester groups is 1. The Kier molecular flexibility index (Phi) is 29.8. The third-order valence-electron chi connectivity index (χ3n) is 9.94. The van der Waals surface area contributed by atoms with E-state index in [0.717, 1.165) is 95.0 Å². The number of hydrogen-bond acceptors (Lipinski definition) is 9. The van der Waals surface area contributed by atoms with Gasteiger partial charge in [0.2, 0.25) is 0 Å². The summed E-state index contributed by atoms with van der Waals surface area (Å²) in [7, 11) is 1.40. The molecule has 334 valence electrons. The number of furan rings is 1. The summed E-state index contributed by atoms with van der Waals surface area (Å²) in [6.07, 6.45) is 29.4. The first-order valence-electron chi connectivity index (χ1n) is 22.2. The number of aliphatic hydroxyl groups excluding tert-OH is 1. The largest absolute Gasteiger partial charge is 0.472 e. The van der Waals surface area contributed by atoms with Crippen LogP contribution in [0.5, 0.6) is 0 Å². The highest BCUT2D eigenvalue weighted by molar-refractivity contribution is 7.47. The zero-order valence-corrected chi connectivity index (χ0v) is 38.2. The van der Waals surface area contributed by atoms with Crippen LogP contribution in [0.4, 0.5) is 0 Å². The molecule has 0 saturated heterocycles. The number of aryl methyl sites for hydroxylation is 2. The number of carbonyl (C=O) groups excluding carboxylic acids is 2. The third-order valence-corrected chi connectivity index (χ3v) is 10.9. The number of phosphoric acid groups is 1. The fourth-order valence-electron chi connectivity index (χ4n) is 6.21. The minimum absolute atomic E-state index is 0.0104. The molecule has 0 spiro atoms. The average molecular weight is 839 g/mol. The normalized spacial score (nSPS) is 14.4. The Morgan fingerprint density at radius 2 is 1.33 bits per heavy atom. The van der Waals surface area contributed by atoms with Crippen LogP contribution in [0, 0.1) is 13.8 Å². The second-order valence-corrected chi connectivity index (χ2v) is 17.9. The van der Waals surface area contributed by atoms with Crippen LogP contribution in [0.1, 0.15) is 158 Å². The maximum Gasteiger partial charge on any atom is 0.472 e. The first-order chi connectivity index (χ1) is 27.7. The van der Waals surface area contributed by atoms with Crippen molar-refractivity contribution in [3.05, 3.63) is 59.1 Å². The van der Waals surface area contributed by atoms with E-state index in [2.05, 4.69) is 33.8 Å². The van der Waals surface area contributed by atoms with Gasteiger partial charge in [-0.05, 0) is 76.3 Å². The molecule has 0 fully saturated rings. The number of rotatable bonds is 36. The number of nitrogens with zero attached hydrogens (tertiary/aromatic N) is 1. The number of unbranched alkanes of at least 4 members (excludes halogenated alkanes) is 12. The summed E-state index contributed by atoms with van der Waals surface area (Å²) in [6.45, 7) is 8.38. The van der Waals surface area contributed by atoms with Crippen molar-refractivity contribution in [3.8, 4) is 0 Å². The van der Waals surface area contributed by atoms with Crippen molar-refractivity contribution in [2.24, 2.45) is 0 Å². The van der Waals surface area contributed by atoms with E-state index in [1.54, 1.807) is 6.08 Å². The molecule has 0 aromatic carbocycles. The van der Waals surface area contributed by atoms with Crippen LogP contribution in [-0.2, 0) is 45.5 Å². The summed E-state index contributed by atoms with van der Waals surface area (Å²) in [6, 6.07) is 0. The van der Waals surface area contributed by atoms with Gasteiger partial charge >= 0.3 is 19.8 Å². The van der Waals surface area contributed by atoms with Gasteiger partial charge in [0.15, 0.2) is 6.10 Å². The van der Waals surface area contributed by atoms with Gasteiger partial charge in [0.1, 0.15) is 31.3 Å². The van der Waals surface area contributed by atoms with Crippen LogP contribution < -0.4 is 0 Å². The van der Waals surface area contributed by atoms with E-state index in [1.165, 1.54) is 30.4 Å². The molecule has 2 N–H and O–H groups in total. The minimum Gasteiger partial charge on any atom is -0.466 e. The van der Waals surface area contributed by atoms with E-state index in [-0.39, 0.29) is 26.1 Å². The van der Waals surface area contributed by atoms with Gasteiger partial charge in [-0.15, -0.1) is 0 Å². The smallest absolute Gasteiger partial charge is 0.466 e. The fraction of sp³-hybridized carbons (Fsp3) is 0.739. The predicted octanol–water partition coefficient (Wildman–Crippen LogP) is 10.8. The second kappa shape index (κ2) is 32.3. The molecule has 58 heavy (non-hydrogen) atoms. The van der Waals surface area contributed by atoms with Crippen molar-refractivity contribution in [1.82, 2.24) is 0 Å². The molecule has 0 amide bonds. The molecule has 0 saturated carbocycles. The standard InChI is InChI=1S/C46H80NO10P/c1-8-10-24-30-41(48)31-25-20-16-12-11-13-19-23-28-34-46(50)56-42(38-55-58(51,52)54-36-35-47(5,6)7)37-53-45(49)33-27-22-18-15-14-17-21-26-32-44-40(4)39(3)43(57-44)29-9-2/h10,16,20,24-25,31,41-42,48H,8-9,11-15,17-19,21-23,26-30,32-38H2,1-7H3/p+1/b20-16+,24-10+,31-25+/t41?,42-/m1/s1. The molecule has 0 bridgehead atoms. The molecule has 1 rings (SSSR count). The molecule has 0 aliphatic rings. The van der Waals surface area contributed by atoms with E-state index in [0.29, 0.717) is 30.3 Å². The van der Waals surface area contributed by atoms with Crippen LogP contribution in [0.25, 0.3) is 0 Å². The van der Waals surface area contributed by atoms with Gasteiger partial charge < -0.3 is 28.4 Å². The number of hydrogen-bond donors (Lipinski definition) is 2. The van der Waals surface area contributed by atoms with E-state index < -0.39 is 38.6 Å². The molecule has 2 unspecified atom stereocenters. The highest BCUT2D eigenvalue weighted by Gasteiger charge is 2.27. The Hall–Kier alpha value is -2.53. The molecule has 0 radical (unpaired) electrons. The summed E-state index contributed by atoms with van der Waals surface area (Å²) < 4.78 is 40.4. The number of quaternary nitrogens is 1. The molecular weight excluding hydrogens is 757 g/mol. The fourth-order valence-corrected chi connectivity index (χ4v) is 6.95. The van der Waals surface area contributed by atoms with Gasteiger partial charge in [-0.3, -0.25) is 18.6 Å². The predicted molar refractivity (Wildman–Crippen MR) is 234 cm³/mol. The number of carbonyl (C=O) groups is 2. The summed E-state index contributed by atoms with van der Waals surface area (Å²) >= 11 is 0. The summed E-state index contributed by atoms with van der Waals surface area (Å²) in [5, 5.41) is 9.89. The van der Waals surface area contributed by atoms with Crippen LogP contribution >= 0.6 is 7.82 Å². The quantitative estimate of drug-likeness (QED) is 0.0167. The van der Waals surface area contributed by atoms with Crippen molar-refractivity contribution < 1.29 is 51.6 Å². The number of likely N-dealkylation sites (N-methyl/N-ethyl adjacent to an activating group) is 1. The first-order valence-corrected chi connectivity index (χ1v) is 23.7. The van der Waals surface area contributed by atoms with Gasteiger partial charge in [0, 0.05) is 25.7 Å². The summed E-state index contributed by atoms with van der Waals surface area (Å²) in [4.78, 5) is 35.5. The second-order valence-electron chi connectivity index (χ2n) is 16.5. The van der Waals surface area contributed by atoms with Gasteiger partial charge in [-0.1, -0.05) is 108 Å². The number of esters is 2. The Labute approximate surface area is 351 Å². The van der Waals surface area contributed by atoms with Crippen molar-refractivity contribution in [2.75, 3.05) is 47.5 Å². The Morgan fingerprint density at radius 1 is 0.741 bits per heavy atom. The van der Waals surface area contributed by atoms with Gasteiger partial charge in [0.05, 0.1) is 33.9 Å². The zero-order chi connectivity index (χ0) is 43.1. The average Bonchev–Trinajstić information content (AvgIpc) is 3.42. The molecule has 1 aromatic heterocycles. The molecule has 11 nitrogen and oxygen atoms in total. The molecule has 0 aliphatic heterocycles. The maximum atomic E-state index is 12.7. The summed E-state index contributed by atoms with van der Waals surface area (Å²) in [5.74, 6) is 1.41. The molecular formula is C46H81NO10P+. The van der Waals surface area contributed by atoms with Gasteiger partial charge in [-0.25, -0.2) is 4.57 Å².